The molecule has 2 heterocycles. The van der Waals surface area contributed by atoms with Crippen molar-refractivity contribution in [3.63, 3.8) is 0 Å². The molecular weight excluding hydrogens is 436 g/mol. The first-order chi connectivity index (χ1) is 17.7. The van der Waals surface area contributed by atoms with Gasteiger partial charge in [-0.2, -0.15) is 0 Å². The lowest BCUT2D eigenvalue weighted by atomic mass is 10.0. The highest BCUT2D eigenvalue weighted by atomic mass is 15.0. The van der Waals surface area contributed by atoms with Crippen LogP contribution in [0, 0.1) is 0 Å². The van der Waals surface area contributed by atoms with E-state index in [1.807, 2.05) is 0 Å². The Kier molecular flexibility index (Phi) is 4.62. The number of benzene rings is 5. The van der Waals surface area contributed by atoms with Crippen LogP contribution in [0.3, 0.4) is 0 Å². The van der Waals surface area contributed by atoms with Crippen LogP contribution < -0.4 is 0 Å². The van der Waals surface area contributed by atoms with Crippen LogP contribution in [-0.4, -0.2) is 9.13 Å². The molecule has 0 fully saturated rings. The topological polar surface area (TPSA) is 9.86 Å². The lowest BCUT2D eigenvalue weighted by molar-refractivity contribution is 1.18. The number of fused-ring (bicyclic) bond motifs is 6. The first-order valence-corrected chi connectivity index (χ1v) is 12.5. The van der Waals surface area contributed by atoms with Crippen LogP contribution in [0.15, 0.2) is 121 Å². The van der Waals surface area contributed by atoms with Gasteiger partial charge in [0.15, 0.2) is 0 Å². The first-order valence-electron chi connectivity index (χ1n) is 12.5. The molecule has 5 aromatic carbocycles. The predicted molar refractivity (Wildman–Crippen MR) is 155 cm³/mol. The zero-order valence-corrected chi connectivity index (χ0v) is 20.4. The van der Waals surface area contributed by atoms with Crippen LogP contribution in [0.1, 0.15) is 13.8 Å². The van der Waals surface area contributed by atoms with Crippen LogP contribution in [-0.2, 0) is 0 Å². The summed E-state index contributed by atoms with van der Waals surface area (Å²) in [5.74, 6) is 0. The molecule has 0 aliphatic carbocycles. The number of allylic oxidation sites excluding steroid dienone is 2. The minimum atomic E-state index is 1.19. The lowest BCUT2D eigenvalue weighted by Crippen LogP contribution is -1.93. The molecule has 36 heavy (non-hydrogen) atoms. The van der Waals surface area contributed by atoms with Crippen LogP contribution in [0.2, 0.25) is 0 Å². The van der Waals surface area contributed by atoms with Crippen molar-refractivity contribution in [2.24, 2.45) is 0 Å². The maximum atomic E-state index is 2.37. The lowest BCUT2D eigenvalue weighted by Gasteiger charge is -2.09. The molecular formula is C34H26N2. The van der Waals surface area contributed by atoms with E-state index in [0.29, 0.717) is 0 Å². The number of aromatic nitrogens is 2. The second kappa shape index (κ2) is 8.00. The van der Waals surface area contributed by atoms with Crippen molar-refractivity contribution in [3.8, 4) is 16.8 Å². The zero-order valence-electron chi connectivity index (χ0n) is 20.4. The molecule has 172 valence electrons. The summed E-state index contributed by atoms with van der Waals surface area (Å²) in [6.07, 6.45) is 2.18. The molecule has 2 aromatic heterocycles. The number of hydrogen-bond donors (Lipinski definition) is 0. The van der Waals surface area contributed by atoms with E-state index in [2.05, 4.69) is 144 Å². The molecule has 0 N–H and O–H groups in total. The Labute approximate surface area is 210 Å². The van der Waals surface area contributed by atoms with Gasteiger partial charge in [0.1, 0.15) is 0 Å². The van der Waals surface area contributed by atoms with E-state index in [-0.39, 0.29) is 0 Å². The van der Waals surface area contributed by atoms with Gasteiger partial charge in [0.25, 0.3) is 0 Å². The van der Waals surface area contributed by atoms with E-state index in [9.17, 15) is 0 Å². The number of hydrogen-bond acceptors (Lipinski definition) is 0. The van der Waals surface area contributed by atoms with E-state index in [4.69, 9.17) is 0 Å². The largest absolute Gasteiger partial charge is 0.314 e. The second-order valence-corrected chi connectivity index (χ2v) is 9.43. The quantitative estimate of drug-likeness (QED) is 0.247. The molecule has 0 atom stereocenters. The Morgan fingerprint density at radius 2 is 1.03 bits per heavy atom. The predicted octanol–water partition coefficient (Wildman–Crippen LogP) is 9.44. The van der Waals surface area contributed by atoms with Gasteiger partial charge in [0.2, 0.25) is 0 Å². The molecule has 0 saturated carbocycles. The fourth-order valence-electron chi connectivity index (χ4n) is 5.67. The molecule has 0 unspecified atom stereocenters. The number of rotatable bonds is 3. The molecule has 0 radical (unpaired) electrons. The van der Waals surface area contributed by atoms with Crippen LogP contribution in [0.25, 0.3) is 66.1 Å². The Bertz CT molecular complexity index is 1950. The van der Waals surface area contributed by atoms with E-state index < -0.39 is 0 Å². The van der Waals surface area contributed by atoms with Gasteiger partial charge >= 0.3 is 0 Å². The van der Waals surface area contributed by atoms with Crippen LogP contribution in [0.4, 0.5) is 0 Å². The van der Waals surface area contributed by atoms with E-state index in [1.165, 1.54) is 66.1 Å². The first kappa shape index (κ1) is 20.8. The van der Waals surface area contributed by atoms with Crippen molar-refractivity contribution in [2.45, 2.75) is 13.8 Å². The summed E-state index contributed by atoms with van der Waals surface area (Å²) >= 11 is 0. The third-order valence-corrected chi connectivity index (χ3v) is 7.46. The SMILES string of the molecule is C/C=C(\C)n1c2ccccc2c2cc(-c3ccc4c(c3)c3ccccc3n4-c3ccccc3)ccc21. The summed E-state index contributed by atoms with van der Waals surface area (Å²) in [6, 6.07) is 41.8. The number of para-hydroxylation sites is 3. The summed E-state index contributed by atoms with van der Waals surface area (Å²) in [5, 5.41) is 5.13. The van der Waals surface area contributed by atoms with Crippen LogP contribution in [0.5, 0.6) is 0 Å². The van der Waals surface area contributed by atoms with E-state index in [0.717, 1.165) is 0 Å². The summed E-state index contributed by atoms with van der Waals surface area (Å²) in [5.41, 5.74) is 9.86. The van der Waals surface area contributed by atoms with Crippen molar-refractivity contribution < 1.29 is 0 Å². The fraction of sp³-hybridized carbons (Fsp3) is 0.0588. The van der Waals surface area contributed by atoms with Gasteiger partial charge in [-0.1, -0.05) is 72.8 Å². The second-order valence-electron chi connectivity index (χ2n) is 9.43. The summed E-state index contributed by atoms with van der Waals surface area (Å²) in [4.78, 5) is 0. The van der Waals surface area contributed by atoms with Crippen molar-refractivity contribution in [1.29, 1.82) is 0 Å². The monoisotopic (exact) mass is 462 g/mol. The molecule has 2 heteroatoms. The third-order valence-electron chi connectivity index (χ3n) is 7.46. The Balaban J connectivity index is 1.48. The van der Waals surface area contributed by atoms with E-state index in [1.54, 1.807) is 0 Å². The normalized spacial score (nSPS) is 12.3. The Hall–Kier alpha value is -4.56. The summed E-state index contributed by atoms with van der Waals surface area (Å²) in [7, 11) is 0. The molecule has 7 rings (SSSR count). The van der Waals surface area contributed by atoms with Gasteiger partial charge in [-0.15, -0.1) is 0 Å². The average molecular weight is 463 g/mol. The maximum absolute atomic E-state index is 2.37. The standard InChI is InChI=1S/C34H26N2/c1-3-23(2)35-31-15-9-7-13-27(31)29-21-24(17-19-33(29)35)25-18-20-34-30(22-25)28-14-8-10-16-32(28)36(34)26-11-5-4-6-12-26/h3-22H,1-2H3/b23-3+. The van der Waals surface area contributed by atoms with Gasteiger partial charge in [-0.3, -0.25) is 0 Å². The van der Waals surface area contributed by atoms with Crippen molar-refractivity contribution in [1.82, 2.24) is 9.13 Å². The molecule has 0 saturated heterocycles. The van der Waals surface area contributed by atoms with Crippen molar-refractivity contribution in [2.75, 3.05) is 0 Å². The molecule has 0 amide bonds. The van der Waals surface area contributed by atoms with Crippen molar-refractivity contribution >= 4 is 49.3 Å². The smallest absolute Gasteiger partial charge is 0.0541 e. The van der Waals surface area contributed by atoms with Gasteiger partial charge < -0.3 is 9.13 Å². The molecule has 0 aliphatic rings. The average Bonchev–Trinajstić information content (AvgIpc) is 3.45. The minimum absolute atomic E-state index is 1.19. The molecule has 0 aliphatic heterocycles. The molecule has 7 aromatic rings. The fourth-order valence-corrected chi connectivity index (χ4v) is 5.67. The van der Waals surface area contributed by atoms with Gasteiger partial charge in [0.05, 0.1) is 22.1 Å². The van der Waals surface area contributed by atoms with E-state index >= 15 is 0 Å². The Morgan fingerprint density at radius 3 is 1.72 bits per heavy atom. The van der Waals surface area contributed by atoms with Crippen LogP contribution >= 0.6 is 0 Å². The van der Waals surface area contributed by atoms with Crippen molar-refractivity contribution in [3.05, 3.63) is 121 Å². The summed E-state index contributed by atoms with van der Waals surface area (Å²) < 4.78 is 4.73. The highest BCUT2D eigenvalue weighted by Crippen LogP contribution is 2.37. The summed E-state index contributed by atoms with van der Waals surface area (Å²) in [6.45, 7) is 4.28. The van der Waals surface area contributed by atoms with Gasteiger partial charge in [0, 0.05) is 32.9 Å². The maximum Gasteiger partial charge on any atom is 0.0541 e. The number of nitrogens with zero attached hydrogens (tertiary/aromatic N) is 2. The molecule has 0 bridgehead atoms. The highest BCUT2D eigenvalue weighted by Gasteiger charge is 2.15. The zero-order chi connectivity index (χ0) is 24.2. The molecule has 2 nitrogen and oxygen atoms in total. The van der Waals surface area contributed by atoms with Gasteiger partial charge in [-0.25, -0.2) is 0 Å². The minimum Gasteiger partial charge on any atom is -0.314 e. The molecule has 0 spiro atoms. The Morgan fingerprint density at radius 1 is 0.528 bits per heavy atom. The third kappa shape index (κ3) is 2.98. The van der Waals surface area contributed by atoms with Gasteiger partial charge in [-0.05, 0) is 73.5 Å². The highest BCUT2D eigenvalue weighted by molar-refractivity contribution is 6.13.